The monoisotopic (exact) mass is 275 g/mol. The van der Waals surface area contributed by atoms with Gasteiger partial charge in [0.15, 0.2) is 5.78 Å². The average molecular weight is 275 g/mol. The standard InChI is InChI=1S/C13H16F3NO2/c14-11-3-1-2-10(8-11)12(19)4-5-17(6-7-18)9-13(15)16/h1-3,8,13,18H,4-7,9H2. The van der Waals surface area contributed by atoms with E-state index in [2.05, 4.69) is 0 Å². The normalized spacial score (nSPS) is 11.3. The van der Waals surface area contributed by atoms with Crippen molar-refractivity contribution in [2.24, 2.45) is 0 Å². The molecule has 0 atom stereocenters. The zero-order valence-electron chi connectivity index (χ0n) is 10.4. The summed E-state index contributed by atoms with van der Waals surface area (Å²) in [5, 5.41) is 8.75. The average Bonchev–Trinajstić information content (AvgIpc) is 2.35. The highest BCUT2D eigenvalue weighted by Gasteiger charge is 2.14. The Morgan fingerprint density at radius 1 is 1.32 bits per heavy atom. The maximum Gasteiger partial charge on any atom is 0.251 e. The minimum atomic E-state index is -2.52. The minimum absolute atomic E-state index is 0.0101. The molecule has 1 aromatic carbocycles. The topological polar surface area (TPSA) is 40.5 Å². The number of ketones is 1. The van der Waals surface area contributed by atoms with Crippen LogP contribution in [-0.2, 0) is 0 Å². The first-order valence-corrected chi connectivity index (χ1v) is 5.93. The molecule has 3 nitrogen and oxygen atoms in total. The van der Waals surface area contributed by atoms with E-state index in [0.717, 1.165) is 6.07 Å². The van der Waals surface area contributed by atoms with Crippen LogP contribution in [0.3, 0.4) is 0 Å². The molecule has 0 aliphatic heterocycles. The van der Waals surface area contributed by atoms with Gasteiger partial charge in [0.25, 0.3) is 6.43 Å². The van der Waals surface area contributed by atoms with Crippen LogP contribution in [0.4, 0.5) is 13.2 Å². The molecule has 0 unspecified atom stereocenters. The summed E-state index contributed by atoms with van der Waals surface area (Å²) in [6, 6.07) is 5.25. The number of hydrogen-bond donors (Lipinski definition) is 1. The summed E-state index contributed by atoms with van der Waals surface area (Å²) in [4.78, 5) is 13.1. The lowest BCUT2D eigenvalue weighted by atomic mass is 10.1. The molecule has 0 fully saturated rings. The van der Waals surface area contributed by atoms with Crippen molar-refractivity contribution < 1.29 is 23.1 Å². The Bertz CT molecular complexity index is 413. The number of alkyl halides is 2. The highest BCUT2D eigenvalue weighted by Crippen LogP contribution is 2.08. The Labute approximate surface area is 109 Å². The number of nitrogens with zero attached hydrogens (tertiary/aromatic N) is 1. The van der Waals surface area contributed by atoms with E-state index in [0.29, 0.717) is 0 Å². The molecule has 0 spiro atoms. The molecular weight excluding hydrogens is 259 g/mol. The fourth-order valence-corrected chi connectivity index (χ4v) is 1.70. The SMILES string of the molecule is O=C(CCN(CCO)CC(F)F)c1cccc(F)c1. The molecule has 0 amide bonds. The van der Waals surface area contributed by atoms with E-state index in [1.165, 1.54) is 23.1 Å². The van der Waals surface area contributed by atoms with Crippen LogP contribution in [0.15, 0.2) is 24.3 Å². The predicted octanol–water partition coefficient (Wildman–Crippen LogP) is 1.96. The van der Waals surface area contributed by atoms with E-state index in [-0.39, 0.29) is 37.5 Å². The van der Waals surface area contributed by atoms with Crippen molar-refractivity contribution in [2.75, 3.05) is 26.2 Å². The number of carbonyl (C=O) groups is 1. The van der Waals surface area contributed by atoms with Gasteiger partial charge in [-0.3, -0.25) is 9.69 Å². The molecule has 0 saturated heterocycles. The van der Waals surface area contributed by atoms with Gasteiger partial charge in [-0.2, -0.15) is 0 Å². The molecule has 106 valence electrons. The zero-order valence-corrected chi connectivity index (χ0v) is 10.4. The van der Waals surface area contributed by atoms with Crippen molar-refractivity contribution in [1.82, 2.24) is 4.90 Å². The second kappa shape index (κ2) is 7.91. The summed E-state index contributed by atoms with van der Waals surface area (Å²) in [7, 11) is 0. The maximum absolute atomic E-state index is 12.9. The van der Waals surface area contributed by atoms with Crippen LogP contribution in [0.5, 0.6) is 0 Å². The largest absolute Gasteiger partial charge is 0.395 e. The highest BCUT2D eigenvalue weighted by atomic mass is 19.3. The third-order valence-corrected chi connectivity index (χ3v) is 2.61. The quantitative estimate of drug-likeness (QED) is 0.737. The van der Waals surface area contributed by atoms with Crippen LogP contribution in [0.2, 0.25) is 0 Å². The van der Waals surface area contributed by atoms with Crippen LogP contribution in [0.25, 0.3) is 0 Å². The Kier molecular flexibility index (Phi) is 6.52. The second-order valence-electron chi connectivity index (χ2n) is 4.10. The number of aliphatic hydroxyl groups is 1. The summed E-state index contributed by atoms with van der Waals surface area (Å²) in [6.45, 7) is -0.543. The van der Waals surface area contributed by atoms with Crippen molar-refractivity contribution in [2.45, 2.75) is 12.8 Å². The Morgan fingerprint density at radius 3 is 2.63 bits per heavy atom. The summed E-state index contributed by atoms with van der Waals surface area (Å²) >= 11 is 0. The third kappa shape index (κ3) is 5.85. The molecule has 0 aromatic heterocycles. The number of Topliss-reactive ketones (excluding diaryl/α,β-unsaturated/α-hetero) is 1. The van der Waals surface area contributed by atoms with Crippen molar-refractivity contribution >= 4 is 5.78 Å². The molecule has 1 N–H and O–H groups in total. The molecule has 6 heteroatoms. The lowest BCUT2D eigenvalue weighted by Gasteiger charge is -2.20. The lowest BCUT2D eigenvalue weighted by Crippen LogP contribution is -2.33. The predicted molar refractivity (Wildman–Crippen MR) is 64.9 cm³/mol. The number of aliphatic hydroxyl groups excluding tert-OH is 1. The first kappa shape index (κ1) is 15.7. The van der Waals surface area contributed by atoms with Crippen molar-refractivity contribution in [1.29, 1.82) is 0 Å². The molecule has 0 aliphatic carbocycles. The molecular formula is C13H16F3NO2. The molecule has 0 heterocycles. The van der Waals surface area contributed by atoms with E-state index in [9.17, 15) is 18.0 Å². The van der Waals surface area contributed by atoms with Gasteiger partial charge >= 0.3 is 0 Å². The molecule has 19 heavy (non-hydrogen) atoms. The van der Waals surface area contributed by atoms with Crippen LogP contribution in [0, 0.1) is 5.82 Å². The van der Waals surface area contributed by atoms with Crippen LogP contribution >= 0.6 is 0 Å². The van der Waals surface area contributed by atoms with Gasteiger partial charge in [-0.15, -0.1) is 0 Å². The summed E-state index contributed by atoms with van der Waals surface area (Å²) in [5.74, 6) is -0.817. The molecule has 1 rings (SSSR count). The molecule has 0 bridgehead atoms. The smallest absolute Gasteiger partial charge is 0.251 e. The van der Waals surface area contributed by atoms with Gasteiger partial charge in [-0.25, -0.2) is 13.2 Å². The lowest BCUT2D eigenvalue weighted by molar-refractivity contribution is 0.0732. The fraction of sp³-hybridized carbons (Fsp3) is 0.462. The number of carbonyl (C=O) groups excluding carboxylic acids is 1. The molecule has 0 radical (unpaired) electrons. The Morgan fingerprint density at radius 2 is 2.05 bits per heavy atom. The minimum Gasteiger partial charge on any atom is -0.395 e. The molecule has 0 aliphatic rings. The van der Waals surface area contributed by atoms with Crippen molar-refractivity contribution in [3.63, 3.8) is 0 Å². The molecule has 1 aromatic rings. The van der Waals surface area contributed by atoms with E-state index >= 15 is 0 Å². The van der Waals surface area contributed by atoms with Gasteiger partial charge in [0.05, 0.1) is 13.2 Å². The summed E-state index contributed by atoms with van der Waals surface area (Å²) < 4.78 is 37.4. The maximum atomic E-state index is 12.9. The van der Waals surface area contributed by atoms with Crippen LogP contribution in [-0.4, -0.2) is 48.5 Å². The number of halogens is 3. The fourth-order valence-electron chi connectivity index (χ4n) is 1.70. The molecule has 0 saturated carbocycles. The van der Waals surface area contributed by atoms with Gasteiger partial charge in [-0.05, 0) is 12.1 Å². The third-order valence-electron chi connectivity index (χ3n) is 2.61. The van der Waals surface area contributed by atoms with Crippen molar-refractivity contribution in [3.8, 4) is 0 Å². The first-order valence-electron chi connectivity index (χ1n) is 5.93. The van der Waals surface area contributed by atoms with E-state index in [4.69, 9.17) is 5.11 Å². The van der Waals surface area contributed by atoms with E-state index in [1.807, 2.05) is 0 Å². The first-order chi connectivity index (χ1) is 9.02. The van der Waals surface area contributed by atoms with Gasteiger partial charge < -0.3 is 5.11 Å². The second-order valence-corrected chi connectivity index (χ2v) is 4.10. The number of benzene rings is 1. The summed E-state index contributed by atoms with van der Waals surface area (Å²) in [6.07, 6.45) is -2.51. The van der Waals surface area contributed by atoms with Gasteiger partial charge in [0.2, 0.25) is 0 Å². The zero-order chi connectivity index (χ0) is 14.3. The van der Waals surface area contributed by atoms with Gasteiger partial charge in [-0.1, -0.05) is 12.1 Å². The summed E-state index contributed by atoms with van der Waals surface area (Å²) in [5.41, 5.74) is 0.223. The van der Waals surface area contributed by atoms with Crippen molar-refractivity contribution in [3.05, 3.63) is 35.6 Å². The van der Waals surface area contributed by atoms with E-state index in [1.54, 1.807) is 0 Å². The Balaban J connectivity index is 2.51. The van der Waals surface area contributed by atoms with E-state index < -0.39 is 18.8 Å². The number of hydrogen-bond acceptors (Lipinski definition) is 3. The highest BCUT2D eigenvalue weighted by molar-refractivity contribution is 5.96. The van der Waals surface area contributed by atoms with Gasteiger partial charge in [0.1, 0.15) is 5.82 Å². The van der Waals surface area contributed by atoms with Crippen LogP contribution < -0.4 is 0 Å². The Hall–Kier alpha value is -1.40. The number of rotatable bonds is 8. The van der Waals surface area contributed by atoms with Crippen LogP contribution in [0.1, 0.15) is 16.8 Å². The van der Waals surface area contributed by atoms with Gasteiger partial charge in [0, 0.05) is 25.1 Å².